The van der Waals surface area contributed by atoms with Crippen LogP contribution < -0.4 is 5.32 Å². The Bertz CT molecular complexity index is 395. The third kappa shape index (κ3) is 4.67. The lowest BCUT2D eigenvalue weighted by molar-refractivity contribution is -0.265. The average Bonchev–Trinajstić information content (AvgIpc) is 2.41. The lowest BCUT2D eigenvalue weighted by Crippen LogP contribution is -2.65. The van der Waals surface area contributed by atoms with Gasteiger partial charge in [-0.1, -0.05) is 6.92 Å². The van der Waals surface area contributed by atoms with Gasteiger partial charge >= 0.3 is 11.9 Å². The molecule has 1 heterocycles. The van der Waals surface area contributed by atoms with Gasteiger partial charge in [0.15, 0.2) is 18.5 Å². The summed E-state index contributed by atoms with van der Waals surface area (Å²) in [6.07, 6.45) is -2.53. The standard InChI is InChI=1S/C14H23NO7/c1-6-10-12(20-8(3)17)13(21-9(4)18)11(15-7(2)16)14(19-5)22-10/h10-14H,6H2,1-5H3,(H,15,16)/t10?,11?,12-,13?,14+/m0/s1. The van der Waals surface area contributed by atoms with Crippen LogP contribution in [0.15, 0.2) is 0 Å². The summed E-state index contributed by atoms with van der Waals surface area (Å²) < 4.78 is 21.5. The van der Waals surface area contributed by atoms with Crippen LogP contribution in [0.1, 0.15) is 34.1 Å². The second-order valence-corrected chi connectivity index (χ2v) is 5.06. The lowest BCUT2D eigenvalue weighted by atomic mass is 9.94. The number of carbonyl (C=O) groups is 3. The minimum absolute atomic E-state index is 0.343. The van der Waals surface area contributed by atoms with Crippen LogP contribution >= 0.6 is 0 Å². The molecule has 0 spiro atoms. The summed E-state index contributed by atoms with van der Waals surface area (Å²) in [5.74, 6) is -1.42. The third-order valence-electron chi connectivity index (χ3n) is 3.26. The fourth-order valence-electron chi connectivity index (χ4n) is 2.49. The zero-order valence-electron chi connectivity index (χ0n) is 13.5. The van der Waals surface area contributed by atoms with E-state index in [4.69, 9.17) is 18.9 Å². The Balaban J connectivity index is 3.14. The summed E-state index contributed by atoms with van der Waals surface area (Å²) in [5.41, 5.74) is 0. The first-order valence-corrected chi connectivity index (χ1v) is 7.09. The molecule has 1 aliphatic heterocycles. The molecule has 8 nitrogen and oxygen atoms in total. The molecule has 1 N–H and O–H groups in total. The predicted molar refractivity (Wildman–Crippen MR) is 74.7 cm³/mol. The molecular weight excluding hydrogens is 294 g/mol. The second-order valence-electron chi connectivity index (χ2n) is 5.06. The number of hydrogen-bond acceptors (Lipinski definition) is 7. The predicted octanol–water partition coefficient (Wildman–Crippen LogP) is 0.136. The number of esters is 2. The molecule has 1 saturated heterocycles. The Kier molecular flexibility index (Phi) is 6.76. The lowest BCUT2D eigenvalue weighted by Gasteiger charge is -2.44. The normalized spacial score (nSPS) is 31.2. The first-order chi connectivity index (χ1) is 10.3. The molecule has 8 heteroatoms. The largest absolute Gasteiger partial charge is 0.456 e. The number of hydrogen-bond donors (Lipinski definition) is 1. The molecule has 22 heavy (non-hydrogen) atoms. The summed E-state index contributed by atoms with van der Waals surface area (Å²) in [4.78, 5) is 34.2. The van der Waals surface area contributed by atoms with Crippen molar-refractivity contribution in [1.29, 1.82) is 0 Å². The molecule has 1 aliphatic rings. The number of ether oxygens (including phenoxy) is 4. The summed E-state index contributed by atoms with van der Waals surface area (Å²) >= 11 is 0. The molecule has 0 bridgehead atoms. The molecule has 3 unspecified atom stereocenters. The van der Waals surface area contributed by atoms with Gasteiger partial charge in [-0.2, -0.15) is 0 Å². The number of nitrogens with one attached hydrogen (secondary N) is 1. The molecule has 0 aliphatic carbocycles. The SMILES string of the molecule is CCC1O[C@@H](OC)C(NC(C)=O)C(OC(C)=O)[C@H]1OC(C)=O. The van der Waals surface area contributed by atoms with E-state index in [1.807, 2.05) is 6.92 Å². The molecule has 1 rings (SSSR count). The molecule has 0 aromatic heterocycles. The maximum Gasteiger partial charge on any atom is 0.303 e. The maximum atomic E-state index is 11.4. The van der Waals surface area contributed by atoms with E-state index in [1.165, 1.54) is 27.9 Å². The molecule has 0 aromatic rings. The Morgan fingerprint density at radius 3 is 2.00 bits per heavy atom. The fraction of sp³-hybridized carbons (Fsp3) is 0.786. The highest BCUT2D eigenvalue weighted by molar-refractivity contribution is 5.73. The molecule has 0 saturated carbocycles. The van der Waals surface area contributed by atoms with Crippen molar-refractivity contribution in [3.8, 4) is 0 Å². The van der Waals surface area contributed by atoms with Crippen LogP contribution in [0.4, 0.5) is 0 Å². The Hall–Kier alpha value is -1.67. The van der Waals surface area contributed by atoms with Crippen molar-refractivity contribution in [3.05, 3.63) is 0 Å². The molecule has 0 aromatic carbocycles. The van der Waals surface area contributed by atoms with Gasteiger partial charge in [0.25, 0.3) is 0 Å². The first kappa shape index (κ1) is 18.4. The van der Waals surface area contributed by atoms with Gasteiger partial charge in [-0.15, -0.1) is 0 Å². The minimum atomic E-state index is -0.894. The van der Waals surface area contributed by atoms with Crippen LogP contribution in [0.25, 0.3) is 0 Å². The molecular formula is C14H23NO7. The van der Waals surface area contributed by atoms with E-state index < -0.39 is 42.6 Å². The van der Waals surface area contributed by atoms with Gasteiger partial charge in [0.1, 0.15) is 12.1 Å². The zero-order valence-corrected chi connectivity index (χ0v) is 13.5. The Morgan fingerprint density at radius 1 is 1.05 bits per heavy atom. The minimum Gasteiger partial charge on any atom is -0.456 e. The average molecular weight is 317 g/mol. The highest BCUT2D eigenvalue weighted by atomic mass is 16.7. The van der Waals surface area contributed by atoms with E-state index in [2.05, 4.69) is 5.32 Å². The van der Waals surface area contributed by atoms with Crippen LogP contribution in [0, 0.1) is 0 Å². The van der Waals surface area contributed by atoms with Gasteiger partial charge in [-0.25, -0.2) is 0 Å². The van der Waals surface area contributed by atoms with Gasteiger partial charge < -0.3 is 24.3 Å². The molecule has 1 amide bonds. The van der Waals surface area contributed by atoms with Crippen LogP contribution in [-0.4, -0.2) is 55.6 Å². The topological polar surface area (TPSA) is 100 Å². The Morgan fingerprint density at radius 2 is 1.59 bits per heavy atom. The fourth-order valence-corrected chi connectivity index (χ4v) is 2.49. The summed E-state index contributed by atoms with van der Waals surface area (Å²) in [5, 5.41) is 2.63. The maximum absolute atomic E-state index is 11.4. The van der Waals surface area contributed by atoms with Crippen LogP contribution in [-0.2, 0) is 33.3 Å². The van der Waals surface area contributed by atoms with Crippen molar-refractivity contribution in [2.45, 2.75) is 64.8 Å². The van der Waals surface area contributed by atoms with E-state index in [9.17, 15) is 14.4 Å². The van der Waals surface area contributed by atoms with Crippen molar-refractivity contribution in [1.82, 2.24) is 5.32 Å². The molecule has 1 fully saturated rings. The van der Waals surface area contributed by atoms with Gasteiger partial charge in [-0.05, 0) is 6.42 Å². The summed E-state index contributed by atoms with van der Waals surface area (Å²) in [6, 6.07) is -0.779. The number of rotatable bonds is 5. The summed E-state index contributed by atoms with van der Waals surface area (Å²) in [6.45, 7) is 5.67. The van der Waals surface area contributed by atoms with E-state index >= 15 is 0 Å². The quantitative estimate of drug-likeness (QED) is 0.720. The number of amides is 1. The second kappa shape index (κ2) is 8.09. The van der Waals surface area contributed by atoms with Crippen LogP contribution in [0.3, 0.4) is 0 Å². The van der Waals surface area contributed by atoms with Gasteiger partial charge in [-0.3, -0.25) is 14.4 Å². The zero-order chi connectivity index (χ0) is 16.9. The first-order valence-electron chi connectivity index (χ1n) is 7.09. The number of carbonyl (C=O) groups excluding carboxylic acids is 3. The van der Waals surface area contributed by atoms with Crippen LogP contribution in [0.2, 0.25) is 0 Å². The molecule has 0 radical (unpaired) electrons. The van der Waals surface area contributed by atoms with Crippen molar-refractivity contribution < 1.29 is 33.3 Å². The number of methoxy groups -OCH3 is 1. The van der Waals surface area contributed by atoms with Crippen molar-refractivity contribution in [2.75, 3.05) is 7.11 Å². The molecule has 126 valence electrons. The van der Waals surface area contributed by atoms with Crippen LogP contribution in [0.5, 0.6) is 0 Å². The molecule has 5 atom stereocenters. The summed E-state index contributed by atoms with van der Waals surface area (Å²) in [7, 11) is 1.42. The highest BCUT2D eigenvalue weighted by Crippen LogP contribution is 2.28. The van der Waals surface area contributed by atoms with E-state index in [0.717, 1.165) is 0 Å². The van der Waals surface area contributed by atoms with Crippen molar-refractivity contribution in [3.63, 3.8) is 0 Å². The van der Waals surface area contributed by atoms with E-state index in [0.29, 0.717) is 6.42 Å². The Labute approximate surface area is 129 Å². The van der Waals surface area contributed by atoms with Gasteiger partial charge in [0.05, 0.1) is 0 Å². The van der Waals surface area contributed by atoms with Crippen molar-refractivity contribution >= 4 is 17.8 Å². The van der Waals surface area contributed by atoms with E-state index in [-0.39, 0.29) is 5.91 Å². The highest BCUT2D eigenvalue weighted by Gasteiger charge is 2.49. The van der Waals surface area contributed by atoms with E-state index in [1.54, 1.807) is 0 Å². The van der Waals surface area contributed by atoms with Crippen molar-refractivity contribution in [2.24, 2.45) is 0 Å². The van der Waals surface area contributed by atoms with Gasteiger partial charge in [0.2, 0.25) is 5.91 Å². The smallest absolute Gasteiger partial charge is 0.303 e. The third-order valence-corrected chi connectivity index (χ3v) is 3.26. The van der Waals surface area contributed by atoms with Gasteiger partial charge in [0, 0.05) is 27.9 Å². The monoisotopic (exact) mass is 317 g/mol.